The lowest BCUT2D eigenvalue weighted by Gasteiger charge is -2.38. The van der Waals surface area contributed by atoms with Crippen LogP contribution in [-0.2, 0) is 16.0 Å². The molecule has 3 rings (SSSR count). The molecule has 0 atom stereocenters. The Kier molecular flexibility index (Phi) is 4.32. The molecular weight excluding hydrogens is 325 g/mol. The number of benzene rings is 1. The molecule has 0 unspecified atom stereocenters. The van der Waals surface area contributed by atoms with Crippen molar-refractivity contribution in [2.75, 3.05) is 0 Å². The van der Waals surface area contributed by atoms with Gasteiger partial charge in [-0.15, -0.1) is 0 Å². The van der Waals surface area contributed by atoms with E-state index in [-0.39, 0.29) is 18.1 Å². The molecule has 7 heteroatoms. The molecule has 1 amide bonds. The summed E-state index contributed by atoms with van der Waals surface area (Å²) < 4.78 is 14.8. The molecule has 0 aliphatic heterocycles. The molecule has 1 aliphatic rings. The van der Waals surface area contributed by atoms with Crippen molar-refractivity contribution in [3.63, 3.8) is 0 Å². The third kappa shape index (κ3) is 3.14. The van der Waals surface area contributed by atoms with Crippen molar-refractivity contribution in [1.29, 1.82) is 0 Å². The minimum atomic E-state index is -1.12. The molecule has 6 nitrogen and oxygen atoms in total. The molecule has 2 aromatic rings. The Hall–Kier alpha value is -2.70. The van der Waals surface area contributed by atoms with E-state index >= 15 is 0 Å². The van der Waals surface area contributed by atoms with E-state index in [9.17, 15) is 19.1 Å². The van der Waals surface area contributed by atoms with Gasteiger partial charge < -0.3 is 10.4 Å². The van der Waals surface area contributed by atoms with E-state index in [1.54, 1.807) is 23.7 Å². The van der Waals surface area contributed by atoms with Gasteiger partial charge in [0, 0.05) is 11.3 Å². The fraction of sp³-hybridized carbons (Fsp3) is 0.389. The number of nitrogens with one attached hydrogen (secondary N) is 1. The zero-order chi connectivity index (χ0) is 18.2. The standard InChI is InChI=1S/C18H20FN3O3/c1-11-15(10-16(23)20-18(17(24)25)8-3-9-18)12(2)22(21-11)14-6-4-13(19)5-7-14/h4-7H,3,8-10H2,1-2H3,(H,20,23)(H,24,25). The van der Waals surface area contributed by atoms with Gasteiger partial charge in [-0.2, -0.15) is 5.10 Å². The Morgan fingerprint density at radius 3 is 2.44 bits per heavy atom. The van der Waals surface area contributed by atoms with E-state index < -0.39 is 11.5 Å². The van der Waals surface area contributed by atoms with E-state index in [4.69, 9.17) is 0 Å². The molecule has 2 N–H and O–H groups in total. The number of aliphatic carboxylic acids is 1. The number of rotatable bonds is 5. The quantitative estimate of drug-likeness (QED) is 0.871. The Bertz CT molecular complexity index is 823. The number of aromatic nitrogens is 2. The van der Waals surface area contributed by atoms with Gasteiger partial charge in [-0.3, -0.25) is 4.79 Å². The highest BCUT2D eigenvalue weighted by molar-refractivity contribution is 5.89. The zero-order valence-electron chi connectivity index (χ0n) is 14.2. The van der Waals surface area contributed by atoms with Crippen molar-refractivity contribution in [3.05, 3.63) is 47.0 Å². The molecule has 0 radical (unpaired) electrons. The Balaban J connectivity index is 1.80. The number of carbonyl (C=O) groups is 2. The predicted octanol–water partition coefficient (Wildman–Crippen LogP) is 2.29. The van der Waals surface area contributed by atoms with Crippen molar-refractivity contribution in [3.8, 4) is 5.69 Å². The van der Waals surface area contributed by atoms with Crippen LogP contribution in [0.5, 0.6) is 0 Å². The normalized spacial score (nSPS) is 15.5. The first-order valence-corrected chi connectivity index (χ1v) is 8.18. The van der Waals surface area contributed by atoms with Crippen LogP contribution in [0.4, 0.5) is 4.39 Å². The number of carboxylic acids is 1. The van der Waals surface area contributed by atoms with Gasteiger partial charge in [0.1, 0.15) is 11.4 Å². The fourth-order valence-corrected chi connectivity index (χ4v) is 3.16. The molecule has 0 spiro atoms. The van der Waals surface area contributed by atoms with Gasteiger partial charge in [0.2, 0.25) is 5.91 Å². The molecule has 1 heterocycles. The minimum absolute atomic E-state index is 0.0634. The number of carbonyl (C=O) groups excluding carboxylic acids is 1. The molecule has 25 heavy (non-hydrogen) atoms. The van der Waals surface area contributed by atoms with Crippen LogP contribution in [0.1, 0.15) is 36.2 Å². The summed E-state index contributed by atoms with van der Waals surface area (Å²) in [4.78, 5) is 23.7. The molecule has 1 fully saturated rings. The van der Waals surface area contributed by atoms with E-state index in [1.807, 2.05) is 6.92 Å². The number of aryl methyl sites for hydroxylation is 1. The summed E-state index contributed by atoms with van der Waals surface area (Å²) >= 11 is 0. The van der Waals surface area contributed by atoms with Crippen molar-refractivity contribution in [2.45, 2.75) is 45.1 Å². The average Bonchev–Trinajstić information content (AvgIpc) is 2.79. The van der Waals surface area contributed by atoms with Crippen LogP contribution in [0.25, 0.3) is 5.69 Å². The van der Waals surface area contributed by atoms with Gasteiger partial charge in [0.05, 0.1) is 17.8 Å². The third-order valence-electron chi connectivity index (χ3n) is 4.84. The molecule has 0 bridgehead atoms. The summed E-state index contributed by atoms with van der Waals surface area (Å²) in [5.41, 5.74) is 1.80. The maximum atomic E-state index is 13.1. The minimum Gasteiger partial charge on any atom is -0.480 e. The van der Waals surface area contributed by atoms with Gasteiger partial charge in [0.25, 0.3) is 0 Å². The van der Waals surface area contributed by atoms with Crippen molar-refractivity contribution < 1.29 is 19.1 Å². The Labute approximate surface area is 144 Å². The average molecular weight is 345 g/mol. The topological polar surface area (TPSA) is 84.2 Å². The third-order valence-corrected chi connectivity index (χ3v) is 4.84. The van der Waals surface area contributed by atoms with Crippen molar-refractivity contribution in [2.24, 2.45) is 0 Å². The van der Waals surface area contributed by atoms with Crippen LogP contribution < -0.4 is 5.32 Å². The van der Waals surface area contributed by atoms with Crippen LogP contribution in [-0.4, -0.2) is 32.3 Å². The van der Waals surface area contributed by atoms with Crippen LogP contribution in [0, 0.1) is 19.7 Å². The molecule has 132 valence electrons. The van der Waals surface area contributed by atoms with Gasteiger partial charge >= 0.3 is 5.97 Å². The summed E-state index contributed by atoms with van der Waals surface area (Å²) in [6.45, 7) is 3.63. The Morgan fingerprint density at radius 2 is 1.92 bits per heavy atom. The number of hydrogen-bond acceptors (Lipinski definition) is 3. The first-order valence-electron chi connectivity index (χ1n) is 8.18. The highest BCUT2D eigenvalue weighted by Gasteiger charge is 2.45. The molecule has 0 saturated heterocycles. The van der Waals surface area contributed by atoms with Gasteiger partial charge in [-0.1, -0.05) is 0 Å². The zero-order valence-corrected chi connectivity index (χ0v) is 14.2. The molecule has 1 aromatic heterocycles. The first kappa shape index (κ1) is 17.1. The second kappa shape index (κ2) is 6.31. The number of carboxylic acid groups (broad SMARTS) is 1. The first-order chi connectivity index (χ1) is 11.8. The molecule has 1 aromatic carbocycles. The summed E-state index contributed by atoms with van der Waals surface area (Å²) in [5, 5.41) is 16.4. The van der Waals surface area contributed by atoms with E-state index in [0.29, 0.717) is 24.2 Å². The largest absolute Gasteiger partial charge is 0.480 e. The van der Waals surface area contributed by atoms with Gasteiger partial charge in [0.15, 0.2) is 0 Å². The Morgan fingerprint density at radius 1 is 1.28 bits per heavy atom. The fourth-order valence-electron chi connectivity index (χ4n) is 3.16. The van der Waals surface area contributed by atoms with Gasteiger partial charge in [-0.05, 0) is 57.4 Å². The predicted molar refractivity (Wildman–Crippen MR) is 89.1 cm³/mol. The van der Waals surface area contributed by atoms with Gasteiger partial charge in [-0.25, -0.2) is 13.9 Å². The maximum absolute atomic E-state index is 13.1. The molecule has 1 saturated carbocycles. The lowest BCUT2D eigenvalue weighted by molar-refractivity contribution is -0.151. The summed E-state index contributed by atoms with van der Waals surface area (Å²) in [7, 11) is 0. The lowest BCUT2D eigenvalue weighted by Crippen LogP contribution is -2.59. The van der Waals surface area contributed by atoms with Crippen LogP contribution in [0.2, 0.25) is 0 Å². The van der Waals surface area contributed by atoms with Crippen LogP contribution in [0.15, 0.2) is 24.3 Å². The summed E-state index contributed by atoms with van der Waals surface area (Å²) in [5.74, 6) is -1.64. The SMILES string of the molecule is Cc1nn(-c2ccc(F)cc2)c(C)c1CC(=O)NC1(C(=O)O)CCC1. The van der Waals surface area contributed by atoms with Crippen molar-refractivity contribution in [1.82, 2.24) is 15.1 Å². The number of nitrogens with zero attached hydrogens (tertiary/aromatic N) is 2. The number of hydrogen-bond donors (Lipinski definition) is 2. The molecule has 1 aliphatic carbocycles. The second-order valence-corrected chi connectivity index (χ2v) is 6.50. The maximum Gasteiger partial charge on any atom is 0.329 e. The number of halogens is 1. The van der Waals surface area contributed by atoms with E-state index in [1.165, 1.54) is 12.1 Å². The van der Waals surface area contributed by atoms with Crippen LogP contribution >= 0.6 is 0 Å². The monoisotopic (exact) mass is 345 g/mol. The highest BCUT2D eigenvalue weighted by atomic mass is 19.1. The van der Waals surface area contributed by atoms with E-state index in [2.05, 4.69) is 10.4 Å². The smallest absolute Gasteiger partial charge is 0.329 e. The van der Waals surface area contributed by atoms with E-state index in [0.717, 1.165) is 17.7 Å². The van der Waals surface area contributed by atoms with Crippen molar-refractivity contribution >= 4 is 11.9 Å². The highest BCUT2D eigenvalue weighted by Crippen LogP contribution is 2.32. The molecular formula is C18H20FN3O3. The van der Waals surface area contributed by atoms with Crippen LogP contribution in [0.3, 0.4) is 0 Å². The number of amides is 1. The second-order valence-electron chi connectivity index (χ2n) is 6.50. The summed E-state index contributed by atoms with van der Waals surface area (Å²) in [6.07, 6.45) is 1.78. The summed E-state index contributed by atoms with van der Waals surface area (Å²) in [6, 6.07) is 5.94. The lowest BCUT2D eigenvalue weighted by atomic mass is 9.76.